The highest BCUT2D eigenvalue weighted by molar-refractivity contribution is 5.76. The van der Waals surface area contributed by atoms with E-state index in [1.165, 1.54) is 0 Å². The van der Waals surface area contributed by atoms with Crippen LogP contribution in [0.1, 0.15) is 85.0 Å². The molecule has 30 heavy (non-hydrogen) atoms. The zero-order chi connectivity index (χ0) is 22.3. The lowest BCUT2D eigenvalue weighted by Crippen LogP contribution is -2.53. The van der Waals surface area contributed by atoms with Crippen LogP contribution in [0, 0.1) is 46.3 Å². The van der Waals surface area contributed by atoms with Crippen molar-refractivity contribution in [2.24, 2.45) is 46.3 Å². The van der Waals surface area contributed by atoms with E-state index < -0.39 is 29.2 Å². The molecule has 0 heterocycles. The second-order valence-electron chi connectivity index (χ2n) is 10.8. The molecule has 0 radical (unpaired) electrons. The molecule has 0 aromatic rings. The summed E-state index contributed by atoms with van der Waals surface area (Å²) in [6, 6.07) is 0. The van der Waals surface area contributed by atoms with Crippen molar-refractivity contribution in [2.75, 3.05) is 0 Å². The Morgan fingerprint density at radius 2 is 1.67 bits per heavy atom. The van der Waals surface area contributed by atoms with E-state index in [4.69, 9.17) is 5.11 Å². The fourth-order valence-corrected chi connectivity index (χ4v) is 7.90. The average molecular weight is 423 g/mol. The van der Waals surface area contributed by atoms with Gasteiger partial charge in [0.1, 0.15) is 0 Å². The predicted octanol–water partition coefficient (Wildman–Crippen LogP) is 4.91. The van der Waals surface area contributed by atoms with Crippen molar-refractivity contribution in [3.8, 4) is 0 Å². The summed E-state index contributed by atoms with van der Waals surface area (Å²) in [7, 11) is 0. The van der Waals surface area contributed by atoms with Gasteiger partial charge in [-0.05, 0) is 86.9 Å². The second kappa shape index (κ2) is 8.51. The van der Waals surface area contributed by atoms with Gasteiger partial charge in [-0.3, -0.25) is 14.4 Å². The van der Waals surface area contributed by atoms with Crippen LogP contribution >= 0.6 is 0 Å². The van der Waals surface area contributed by atoms with Crippen molar-refractivity contribution in [3.63, 3.8) is 0 Å². The van der Waals surface area contributed by atoms with Crippen molar-refractivity contribution in [3.05, 3.63) is 0 Å². The molecule has 3 N–H and O–H groups in total. The van der Waals surface area contributed by atoms with Crippen LogP contribution in [0.15, 0.2) is 0 Å². The van der Waals surface area contributed by atoms with Crippen LogP contribution < -0.4 is 0 Å². The summed E-state index contributed by atoms with van der Waals surface area (Å²) in [5, 5.41) is 29.7. The van der Waals surface area contributed by atoms with Gasteiger partial charge in [-0.25, -0.2) is 0 Å². The van der Waals surface area contributed by atoms with E-state index >= 15 is 0 Å². The maximum absolute atomic E-state index is 12.6. The fraction of sp³-hybridized carbons (Fsp3) is 0.875. The van der Waals surface area contributed by atoms with E-state index in [0.717, 1.165) is 51.4 Å². The number of carboxylic acid groups (broad SMARTS) is 3. The van der Waals surface area contributed by atoms with Crippen LogP contribution in [0.2, 0.25) is 0 Å². The number of carboxylic acids is 3. The Labute approximate surface area is 179 Å². The topological polar surface area (TPSA) is 112 Å². The van der Waals surface area contributed by atoms with E-state index in [0.29, 0.717) is 12.3 Å². The molecule has 0 amide bonds. The van der Waals surface area contributed by atoms with E-state index in [1.54, 1.807) is 0 Å². The first-order valence-corrected chi connectivity index (χ1v) is 11.7. The largest absolute Gasteiger partial charge is 0.481 e. The molecule has 0 aromatic heterocycles. The molecule has 6 nitrogen and oxygen atoms in total. The Kier molecular flexibility index (Phi) is 6.54. The van der Waals surface area contributed by atoms with Crippen LogP contribution in [-0.2, 0) is 14.4 Å². The van der Waals surface area contributed by atoms with Crippen LogP contribution in [0.4, 0.5) is 0 Å². The number of fused-ring (bicyclic) bond motifs is 1. The Bertz CT molecular complexity index is 689. The number of hydrogen-bond donors (Lipinski definition) is 3. The maximum atomic E-state index is 12.6. The first kappa shape index (κ1) is 23.1. The van der Waals surface area contributed by atoms with Gasteiger partial charge in [-0.15, -0.1) is 0 Å². The Balaban J connectivity index is 1.92. The highest BCUT2D eigenvalue weighted by atomic mass is 16.4. The third-order valence-corrected chi connectivity index (χ3v) is 9.51. The van der Waals surface area contributed by atoms with Crippen LogP contribution in [0.5, 0.6) is 0 Å². The fourth-order valence-electron chi connectivity index (χ4n) is 7.90. The minimum atomic E-state index is -1.01. The molecule has 3 rings (SSSR count). The normalized spacial score (nSPS) is 42.3. The first-order valence-electron chi connectivity index (χ1n) is 11.7. The van der Waals surface area contributed by atoms with Crippen molar-refractivity contribution >= 4 is 17.9 Å². The van der Waals surface area contributed by atoms with Gasteiger partial charge in [-0.2, -0.15) is 0 Å². The lowest BCUT2D eigenvalue weighted by atomic mass is 9.49. The van der Waals surface area contributed by atoms with Gasteiger partial charge in [0.2, 0.25) is 0 Å². The molecule has 8 atom stereocenters. The number of aliphatic carboxylic acids is 3. The maximum Gasteiger partial charge on any atom is 0.309 e. The molecule has 0 aromatic carbocycles. The van der Waals surface area contributed by atoms with Gasteiger partial charge >= 0.3 is 17.9 Å². The molecular weight excluding hydrogens is 384 g/mol. The average Bonchev–Trinajstić information content (AvgIpc) is 3.02. The summed E-state index contributed by atoms with van der Waals surface area (Å²) in [5.41, 5.74) is -1.26. The van der Waals surface area contributed by atoms with Gasteiger partial charge in [0, 0.05) is 6.42 Å². The Hall–Kier alpha value is -1.59. The summed E-state index contributed by atoms with van der Waals surface area (Å²) >= 11 is 0. The van der Waals surface area contributed by atoms with Crippen molar-refractivity contribution < 1.29 is 29.7 Å². The highest BCUT2D eigenvalue weighted by Crippen LogP contribution is 2.63. The highest BCUT2D eigenvalue weighted by Gasteiger charge is 2.61. The molecule has 3 aliphatic carbocycles. The van der Waals surface area contributed by atoms with Gasteiger partial charge in [-0.1, -0.05) is 26.7 Å². The SMILES string of the molecule is C[C@H](CCC(=O)O)C1CCC(C2CCC3CCCCC3(C)C2C(=O)O)C1(C)C(=O)O. The Morgan fingerprint density at radius 3 is 2.27 bits per heavy atom. The number of hydrogen-bond acceptors (Lipinski definition) is 3. The summed E-state index contributed by atoms with van der Waals surface area (Å²) in [4.78, 5) is 36.2. The zero-order valence-electron chi connectivity index (χ0n) is 18.6. The number of carbonyl (C=O) groups is 3. The third-order valence-electron chi connectivity index (χ3n) is 9.51. The van der Waals surface area contributed by atoms with Crippen molar-refractivity contribution in [1.29, 1.82) is 0 Å². The Morgan fingerprint density at radius 1 is 0.967 bits per heavy atom. The van der Waals surface area contributed by atoms with Crippen molar-refractivity contribution in [2.45, 2.75) is 85.0 Å². The van der Waals surface area contributed by atoms with Crippen LogP contribution in [0.3, 0.4) is 0 Å². The van der Waals surface area contributed by atoms with E-state index in [1.807, 2.05) is 13.8 Å². The minimum Gasteiger partial charge on any atom is -0.481 e. The third kappa shape index (κ3) is 3.75. The summed E-state index contributed by atoms with van der Waals surface area (Å²) in [6.07, 6.45) is 7.97. The molecule has 3 fully saturated rings. The molecule has 6 heteroatoms. The van der Waals surface area contributed by atoms with E-state index in [9.17, 15) is 24.6 Å². The van der Waals surface area contributed by atoms with E-state index in [-0.39, 0.29) is 35.5 Å². The monoisotopic (exact) mass is 422 g/mol. The summed E-state index contributed by atoms with van der Waals surface area (Å²) in [5.74, 6) is -2.97. The van der Waals surface area contributed by atoms with Crippen LogP contribution in [0.25, 0.3) is 0 Å². The molecule has 3 saturated carbocycles. The summed E-state index contributed by atoms with van der Waals surface area (Å²) in [6.45, 7) is 5.91. The van der Waals surface area contributed by atoms with Gasteiger partial charge in [0.15, 0.2) is 0 Å². The van der Waals surface area contributed by atoms with Crippen LogP contribution in [-0.4, -0.2) is 33.2 Å². The molecule has 7 unspecified atom stereocenters. The molecule has 3 aliphatic rings. The second-order valence-corrected chi connectivity index (χ2v) is 10.8. The zero-order valence-corrected chi connectivity index (χ0v) is 18.6. The van der Waals surface area contributed by atoms with Gasteiger partial charge in [0.25, 0.3) is 0 Å². The first-order chi connectivity index (χ1) is 14.0. The molecule has 0 aliphatic heterocycles. The molecule has 0 spiro atoms. The van der Waals surface area contributed by atoms with Crippen molar-refractivity contribution in [1.82, 2.24) is 0 Å². The lowest BCUT2D eigenvalue weighted by molar-refractivity contribution is -0.170. The molecule has 170 valence electrons. The molecule has 0 saturated heterocycles. The molecular formula is C24H38O6. The van der Waals surface area contributed by atoms with Gasteiger partial charge < -0.3 is 15.3 Å². The minimum absolute atomic E-state index is 0.0166. The molecule has 0 bridgehead atoms. The smallest absolute Gasteiger partial charge is 0.309 e. The van der Waals surface area contributed by atoms with E-state index in [2.05, 4.69) is 6.92 Å². The number of rotatable bonds is 7. The predicted molar refractivity (Wildman–Crippen MR) is 112 cm³/mol. The quantitative estimate of drug-likeness (QED) is 0.537. The standard InChI is InChI=1S/C24H38O6/c1-14(7-12-19(25)26)17-10-11-18(24(17,3)22(29)30)16-9-8-15-6-4-5-13-23(15,2)20(16)21(27)28/h14-18,20H,4-13H2,1-3H3,(H,25,26)(H,27,28)(H,29,30)/t14-,15?,16?,17?,18?,20?,23?,24?/m1/s1. The lowest BCUT2D eigenvalue weighted by Gasteiger charge is -2.54. The van der Waals surface area contributed by atoms with Gasteiger partial charge in [0.05, 0.1) is 11.3 Å². The summed E-state index contributed by atoms with van der Waals surface area (Å²) < 4.78 is 0.